The molecule has 15 heavy (non-hydrogen) atoms. The molecule has 0 fully saturated rings. The van der Waals surface area contributed by atoms with Crippen LogP contribution in [0.15, 0.2) is 24.3 Å². The highest BCUT2D eigenvalue weighted by Gasteiger charge is 1.96. The molecule has 0 aliphatic rings. The summed E-state index contributed by atoms with van der Waals surface area (Å²) in [5.74, 6) is 0.739. The number of nitrogens with one attached hydrogen (secondary N) is 1. The van der Waals surface area contributed by atoms with Crippen molar-refractivity contribution in [1.82, 2.24) is 5.32 Å². The average Bonchev–Trinajstić information content (AvgIpc) is 2.24. The Balaban J connectivity index is 2.35. The Hall–Kier alpha value is -1.33. The molecule has 0 aliphatic carbocycles. The molecule has 0 spiro atoms. The molecule has 0 bridgehead atoms. The van der Waals surface area contributed by atoms with Crippen molar-refractivity contribution < 1.29 is 0 Å². The molecule has 0 heterocycles. The van der Waals surface area contributed by atoms with Gasteiger partial charge in [-0.25, -0.2) is 0 Å². The lowest BCUT2D eigenvalue weighted by molar-refractivity contribution is 0.537. The Morgan fingerprint density at radius 3 is 2.87 bits per heavy atom. The van der Waals surface area contributed by atoms with Gasteiger partial charge in [-0.15, -0.1) is 0 Å². The zero-order chi connectivity index (χ0) is 11.1. The van der Waals surface area contributed by atoms with Gasteiger partial charge in [0.25, 0.3) is 0 Å². The molecule has 1 aromatic rings. The summed E-state index contributed by atoms with van der Waals surface area (Å²) in [5.41, 5.74) is 1.91. The quantitative estimate of drug-likeness (QED) is 0.745. The van der Waals surface area contributed by atoms with Crippen LogP contribution in [0.2, 0.25) is 0 Å². The summed E-state index contributed by atoms with van der Waals surface area (Å²) in [4.78, 5) is 0. The second kappa shape index (κ2) is 6.21. The number of hydrogen-bond acceptors (Lipinski definition) is 2. The molecule has 0 atom stereocenters. The number of rotatable bonds is 5. The summed E-state index contributed by atoms with van der Waals surface area (Å²) in [6, 6.07) is 9.89. The molecular weight excluding hydrogens is 184 g/mol. The predicted molar refractivity (Wildman–Crippen MR) is 62.3 cm³/mol. The average molecular weight is 202 g/mol. The Labute approximate surface area is 91.9 Å². The topological polar surface area (TPSA) is 35.8 Å². The lowest BCUT2D eigenvalue weighted by Crippen LogP contribution is -2.16. The van der Waals surface area contributed by atoms with Crippen LogP contribution in [0.5, 0.6) is 0 Å². The van der Waals surface area contributed by atoms with Crippen molar-refractivity contribution in [2.75, 3.05) is 6.54 Å². The van der Waals surface area contributed by atoms with Gasteiger partial charge in [0.05, 0.1) is 11.6 Å². The van der Waals surface area contributed by atoms with Gasteiger partial charge in [-0.3, -0.25) is 0 Å². The van der Waals surface area contributed by atoms with E-state index in [0.717, 1.165) is 24.6 Å². The first-order valence-electron chi connectivity index (χ1n) is 5.42. The molecular formula is C13H18N2. The highest BCUT2D eigenvalue weighted by Crippen LogP contribution is 2.04. The number of nitrogens with zero attached hydrogens (tertiary/aromatic N) is 1. The predicted octanol–water partition coefficient (Wildman–Crippen LogP) is 2.69. The van der Waals surface area contributed by atoms with E-state index < -0.39 is 0 Å². The van der Waals surface area contributed by atoms with Crippen LogP contribution >= 0.6 is 0 Å². The van der Waals surface area contributed by atoms with Crippen LogP contribution in [0.25, 0.3) is 0 Å². The van der Waals surface area contributed by atoms with E-state index in [1.807, 2.05) is 24.3 Å². The fraction of sp³-hybridized carbons (Fsp3) is 0.462. The van der Waals surface area contributed by atoms with E-state index in [4.69, 9.17) is 5.26 Å². The first kappa shape index (κ1) is 11.7. The van der Waals surface area contributed by atoms with Crippen molar-refractivity contribution >= 4 is 0 Å². The summed E-state index contributed by atoms with van der Waals surface area (Å²) in [6.45, 7) is 6.33. The molecule has 0 amide bonds. The van der Waals surface area contributed by atoms with Gasteiger partial charge in [-0.2, -0.15) is 5.26 Å². The Kier molecular flexibility index (Phi) is 4.86. The van der Waals surface area contributed by atoms with Crippen LogP contribution in [-0.4, -0.2) is 6.54 Å². The van der Waals surface area contributed by atoms with Crippen LogP contribution in [0, 0.1) is 17.2 Å². The monoisotopic (exact) mass is 202 g/mol. The van der Waals surface area contributed by atoms with Gasteiger partial charge in [-0.1, -0.05) is 26.0 Å². The molecule has 1 aromatic carbocycles. The largest absolute Gasteiger partial charge is 0.313 e. The maximum absolute atomic E-state index is 8.74. The van der Waals surface area contributed by atoms with Crippen molar-refractivity contribution in [3.8, 4) is 6.07 Å². The third-order valence-corrected chi connectivity index (χ3v) is 2.28. The van der Waals surface area contributed by atoms with Gasteiger partial charge in [0.1, 0.15) is 0 Å². The molecule has 80 valence electrons. The van der Waals surface area contributed by atoms with Gasteiger partial charge >= 0.3 is 0 Å². The van der Waals surface area contributed by atoms with Crippen LogP contribution < -0.4 is 5.32 Å². The summed E-state index contributed by atoms with van der Waals surface area (Å²) in [7, 11) is 0. The van der Waals surface area contributed by atoms with E-state index in [1.54, 1.807) is 0 Å². The Morgan fingerprint density at radius 2 is 2.20 bits per heavy atom. The summed E-state index contributed by atoms with van der Waals surface area (Å²) in [5, 5.41) is 12.1. The smallest absolute Gasteiger partial charge is 0.0991 e. The molecule has 0 aromatic heterocycles. The van der Waals surface area contributed by atoms with E-state index in [1.165, 1.54) is 12.0 Å². The highest BCUT2D eigenvalue weighted by atomic mass is 14.8. The SMILES string of the molecule is CC(C)CCNCc1cccc(C#N)c1. The second-order valence-corrected chi connectivity index (χ2v) is 4.17. The number of benzene rings is 1. The fourth-order valence-electron chi connectivity index (χ4n) is 1.37. The van der Waals surface area contributed by atoms with E-state index in [9.17, 15) is 0 Å². The highest BCUT2D eigenvalue weighted by molar-refractivity contribution is 5.32. The third kappa shape index (κ3) is 4.62. The molecule has 0 unspecified atom stereocenters. The van der Waals surface area contributed by atoms with Gasteiger partial charge in [0.2, 0.25) is 0 Å². The molecule has 0 radical (unpaired) electrons. The van der Waals surface area contributed by atoms with E-state index in [2.05, 4.69) is 25.2 Å². The molecule has 0 saturated heterocycles. The van der Waals surface area contributed by atoms with Crippen LogP contribution in [0.4, 0.5) is 0 Å². The maximum atomic E-state index is 8.74. The minimum atomic E-state index is 0.734. The number of hydrogen-bond donors (Lipinski definition) is 1. The summed E-state index contributed by atoms with van der Waals surface area (Å²) < 4.78 is 0. The molecule has 1 N–H and O–H groups in total. The lowest BCUT2D eigenvalue weighted by atomic mass is 10.1. The minimum Gasteiger partial charge on any atom is -0.313 e. The molecule has 0 saturated carbocycles. The number of nitriles is 1. The molecule has 2 nitrogen and oxygen atoms in total. The second-order valence-electron chi connectivity index (χ2n) is 4.17. The van der Waals surface area contributed by atoms with Crippen LogP contribution in [0.3, 0.4) is 0 Å². The zero-order valence-electron chi connectivity index (χ0n) is 9.46. The zero-order valence-corrected chi connectivity index (χ0v) is 9.46. The van der Waals surface area contributed by atoms with Gasteiger partial charge in [-0.05, 0) is 36.6 Å². The van der Waals surface area contributed by atoms with Crippen molar-refractivity contribution in [2.24, 2.45) is 5.92 Å². The van der Waals surface area contributed by atoms with Crippen molar-refractivity contribution in [1.29, 1.82) is 5.26 Å². The van der Waals surface area contributed by atoms with Gasteiger partial charge in [0, 0.05) is 6.54 Å². The van der Waals surface area contributed by atoms with Gasteiger partial charge in [0.15, 0.2) is 0 Å². The van der Waals surface area contributed by atoms with E-state index in [0.29, 0.717) is 0 Å². The molecule has 2 heteroatoms. The van der Waals surface area contributed by atoms with E-state index >= 15 is 0 Å². The summed E-state index contributed by atoms with van der Waals surface area (Å²) in [6.07, 6.45) is 1.19. The minimum absolute atomic E-state index is 0.734. The third-order valence-electron chi connectivity index (χ3n) is 2.28. The Morgan fingerprint density at radius 1 is 1.40 bits per heavy atom. The standard InChI is InChI=1S/C13H18N2/c1-11(2)6-7-15-10-13-5-3-4-12(8-13)9-14/h3-5,8,11,15H,6-7,10H2,1-2H3. The van der Waals surface area contributed by atoms with Gasteiger partial charge < -0.3 is 5.32 Å². The first-order chi connectivity index (χ1) is 7.22. The fourth-order valence-corrected chi connectivity index (χ4v) is 1.37. The molecule has 1 rings (SSSR count). The normalized spacial score (nSPS) is 10.3. The maximum Gasteiger partial charge on any atom is 0.0991 e. The van der Waals surface area contributed by atoms with Crippen LogP contribution in [0.1, 0.15) is 31.4 Å². The van der Waals surface area contributed by atoms with E-state index in [-0.39, 0.29) is 0 Å². The molecule has 0 aliphatic heterocycles. The summed E-state index contributed by atoms with van der Waals surface area (Å²) >= 11 is 0. The van der Waals surface area contributed by atoms with Crippen molar-refractivity contribution in [3.05, 3.63) is 35.4 Å². The first-order valence-corrected chi connectivity index (χ1v) is 5.42. The van der Waals surface area contributed by atoms with Crippen molar-refractivity contribution in [2.45, 2.75) is 26.8 Å². The Bertz CT molecular complexity index is 337. The lowest BCUT2D eigenvalue weighted by Gasteiger charge is -2.06. The van der Waals surface area contributed by atoms with Crippen LogP contribution in [-0.2, 0) is 6.54 Å². The van der Waals surface area contributed by atoms with Crippen molar-refractivity contribution in [3.63, 3.8) is 0 Å².